The summed E-state index contributed by atoms with van der Waals surface area (Å²) in [4.78, 5) is 21.8. The summed E-state index contributed by atoms with van der Waals surface area (Å²) in [6.07, 6.45) is 1.93. The van der Waals surface area contributed by atoms with Gasteiger partial charge in [-0.05, 0) is 31.4 Å². The van der Waals surface area contributed by atoms with E-state index >= 15 is 0 Å². The lowest BCUT2D eigenvalue weighted by molar-refractivity contribution is -0.132. The molecule has 0 spiro atoms. The summed E-state index contributed by atoms with van der Waals surface area (Å²) in [6, 6.07) is 0. The van der Waals surface area contributed by atoms with Gasteiger partial charge in [-0.15, -0.1) is 0 Å². The van der Waals surface area contributed by atoms with Gasteiger partial charge in [-0.1, -0.05) is 0 Å². The van der Waals surface area contributed by atoms with Gasteiger partial charge in [0.15, 0.2) is 0 Å². The average molecular weight is 161 g/mol. The molecule has 1 fully saturated rings. The Morgan fingerprint density at radius 1 is 1.70 bits per heavy atom. The van der Waals surface area contributed by atoms with Crippen LogP contribution in [0, 0.1) is 5.41 Å². The summed E-state index contributed by atoms with van der Waals surface area (Å²) in [6.45, 7) is 1.62. The first kappa shape index (κ1) is 7.73. The van der Waals surface area contributed by atoms with Crippen molar-refractivity contribution in [2.45, 2.75) is 26.2 Å². The van der Waals surface area contributed by atoms with Gasteiger partial charge in [0.2, 0.25) is 5.24 Å². The van der Waals surface area contributed by atoms with Crippen molar-refractivity contribution >= 4 is 22.6 Å². The highest BCUT2D eigenvalue weighted by Gasteiger charge is 2.42. The maximum atomic E-state index is 11.0. The zero-order valence-electron chi connectivity index (χ0n) is 5.82. The second-order valence-corrected chi connectivity index (χ2v) is 3.23. The molecule has 0 heterocycles. The van der Waals surface area contributed by atoms with Gasteiger partial charge < -0.3 is 0 Å². The van der Waals surface area contributed by atoms with E-state index in [1.807, 2.05) is 0 Å². The predicted molar refractivity (Wildman–Crippen MR) is 37.8 cm³/mol. The molecule has 1 rings (SSSR count). The molecule has 2 nitrogen and oxygen atoms in total. The number of hydrogen-bond donors (Lipinski definition) is 0. The van der Waals surface area contributed by atoms with E-state index in [4.69, 9.17) is 11.6 Å². The van der Waals surface area contributed by atoms with Crippen LogP contribution in [0.25, 0.3) is 0 Å². The Bertz CT molecular complexity index is 188. The predicted octanol–water partition coefficient (Wildman–Crippen LogP) is 1.51. The molecule has 0 aromatic heterocycles. The van der Waals surface area contributed by atoms with Gasteiger partial charge in [-0.3, -0.25) is 9.59 Å². The summed E-state index contributed by atoms with van der Waals surface area (Å²) in [5, 5.41) is -0.505. The van der Waals surface area contributed by atoms with E-state index in [0.717, 1.165) is 6.42 Å². The molecule has 0 amide bonds. The van der Waals surface area contributed by atoms with Crippen LogP contribution >= 0.6 is 11.6 Å². The molecule has 0 aromatic carbocycles. The smallest absolute Gasteiger partial charge is 0.234 e. The van der Waals surface area contributed by atoms with Crippen molar-refractivity contribution < 1.29 is 9.59 Å². The Morgan fingerprint density at radius 3 is 2.50 bits per heavy atom. The van der Waals surface area contributed by atoms with Crippen molar-refractivity contribution in [1.29, 1.82) is 0 Å². The highest BCUT2D eigenvalue weighted by atomic mass is 35.5. The molecule has 0 aromatic rings. The van der Waals surface area contributed by atoms with Gasteiger partial charge >= 0.3 is 0 Å². The van der Waals surface area contributed by atoms with E-state index in [1.54, 1.807) is 6.92 Å². The lowest BCUT2D eigenvalue weighted by atomic mass is 9.90. The zero-order valence-corrected chi connectivity index (χ0v) is 6.57. The van der Waals surface area contributed by atoms with E-state index in [1.165, 1.54) is 0 Å². The lowest BCUT2D eigenvalue weighted by Crippen LogP contribution is -2.28. The molecule has 0 saturated heterocycles. The first-order valence-electron chi connectivity index (χ1n) is 3.30. The number of carbonyl (C=O) groups is 2. The van der Waals surface area contributed by atoms with E-state index in [9.17, 15) is 9.59 Å². The molecule has 10 heavy (non-hydrogen) atoms. The molecule has 0 N–H and O–H groups in total. The van der Waals surface area contributed by atoms with Crippen LogP contribution in [0.15, 0.2) is 0 Å². The van der Waals surface area contributed by atoms with E-state index in [0.29, 0.717) is 12.8 Å². The molecular weight excluding hydrogens is 152 g/mol. The highest BCUT2D eigenvalue weighted by Crippen LogP contribution is 2.36. The summed E-state index contributed by atoms with van der Waals surface area (Å²) in [5.41, 5.74) is -0.860. The molecule has 0 bridgehead atoms. The SMILES string of the molecule is CC1(C(=O)Cl)CCCC1=O. The van der Waals surface area contributed by atoms with Gasteiger partial charge in [0.25, 0.3) is 0 Å². The monoisotopic (exact) mass is 160 g/mol. The van der Waals surface area contributed by atoms with Crippen molar-refractivity contribution in [3.05, 3.63) is 0 Å². The first-order valence-corrected chi connectivity index (χ1v) is 3.68. The van der Waals surface area contributed by atoms with Gasteiger partial charge in [-0.25, -0.2) is 0 Å². The molecule has 3 heteroatoms. The molecule has 1 aliphatic carbocycles. The minimum Gasteiger partial charge on any atom is -0.299 e. The Hall–Kier alpha value is -0.370. The third-order valence-corrected chi connectivity index (χ3v) is 2.55. The Kier molecular flexibility index (Phi) is 1.82. The third kappa shape index (κ3) is 0.966. The molecule has 0 aliphatic heterocycles. The maximum Gasteiger partial charge on any atom is 0.234 e. The molecule has 56 valence electrons. The van der Waals surface area contributed by atoms with Gasteiger partial charge in [0.05, 0.1) is 5.41 Å². The minimum atomic E-state index is -0.860. The molecule has 1 atom stereocenters. The van der Waals surface area contributed by atoms with Gasteiger partial charge in [-0.2, -0.15) is 0 Å². The second kappa shape index (κ2) is 2.35. The Balaban J connectivity index is 2.86. The van der Waals surface area contributed by atoms with Crippen LogP contribution in [0.2, 0.25) is 0 Å². The fourth-order valence-corrected chi connectivity index (χ4v) is 1.43. The van der Waals surface area contributed by atoms with Gasteiger partial charge in [0, 0.05) is 6.42 Å². The number of ketones is 1. The van der Waals surface area contributed by atoms with E-state index in [-0.39, 0.29) is 5.78 Å². The summed E-state index contributed by atoms with van der Waals surface area (Å²) < 4.78 is 0. The fourth-order valence-electron chi connectivity index (χ4n) is 1.23. The van der Waals surface area contributed by atoms with Crippen LogP contribution < -0.4 is 0 Å². The van der Waals surface area contributed by atoms with Crippen molar-refractivity contribution in [1.82, 2.24) is 0 Å². The van der Waals surface area contributed by atoms with Crippen molar-refractivity contribution in [2.75, 3.05) is 0 Å². The molecule has 1 aliphatic rings. The lowest BCUT2D eigenvalue weighted by Gasteiger charge is -2.14. The van der Waals surface area contributed by atoms with Crippen LogP contribution in [0.1, 0.15) is 26.2 Å². The minimum absolute atomic E-state index is 0.00694. The van der Waals surface area contributed by atoms with E-state index in [2.05, 4.69) is 0 Å². The van der Waals surface area contributed by atoms with Crippen molar-refractivity contribution in [2.24, 2.45) is 5.41 Å². The summed E-state index contributed by atoms with van der Waals surface area (Å²) >= 11 is 5.26. The molecule has 1 saturated carbocycles. The Labute approximate surface area is 64.5 Å². The number of halogens is 1. The summed E-state index contributed by atoms with van der Waals surface area (Å²) in [7, 11) is 0. The quantitative estimate of drug-likeness (QED) is 0.431. The van der Waals surface area contributed by atoms with Crippen molar-refractivity contribution in [3.63, 3.8) is 0 Å². The van der Waals surface area contributed by atoms with E-state index < -0.39 is 10.7 Å². The van der Waals surface area contributed by atoms with Crippen molar-refractivity contribution in [3.8, 4) is 0 Å². The van der Waals surface area contributed by atoms with Crippen LogP contribution in [0.5, 0.6) is 0 Å². The molecule has 1 unspecified atom stereocenters. The van der Waals surface area contributed by atoms with Crippen LogP contribution in [-0.2, 0) is 9.59 Å². The number of rotatable bonds is 1. The topological polar surface area (TPSA) is 34.1 Å². The largest absolute Gasteiger partial charge is 0.299 e. The zero-order chi connectivity index (χ0) is 7.78. The normalized spacial score (nSPS) is 32.8. The second-order valence-electron chi connectivity index (χ2n) is 2.88. The number of hydrogen-bond acceptors (Lipinski definition) is 2. The Morgan fingerprint density at radius 2 is 2.30 bits per heavy atom. The number of carbonyl (C=O) groups excluding carboxylic acids is 2. The van der Waals surface area contributed by atoms with Gasteiger partial charge in [0.1, 0.15) is 5.78 Å². The molecular formula is C7H9ClO2. The third-order valence-electron chi connectivity index (χ3n) is 2.13. The molecule has 0 radical (unpaired) electrons. The highest BCUT2D eigenvalue weighted by molar-refractivity contribution is 6.66. The van der Waals surface area contributed by atoms with Crippen LogP contribution in [-0.4, -0.2) is 11.0 Å². The maximum absolute atomic E-state index is 11.0. The average Bonchev–Trinajstić information content (AvgIpc) is 2.15. The van der Waals surface area contributed by atoms with Crippen LogP contribution in [0.3, 0.4) is 0 Å². The standard InChI is InChI=1S/C7H9ClO2/c1-7(6(8)10)4-2-3-5(7)9/h2-4H2,1H3. The summed E-state index contributed by atoms with van der Waals surface area (Å²) in [5.74, 6) is -0.00694. The van der Waals surface area contributed by atoms with Crippen LogP contribution in [0.4, 0.5) is 0 Å². The number of Topliss-reactive ketones (excluding diaryl/α,β-unsaturated/α-hetero) is 1. The fraction of sp³-hybridized carbons (Fsp3) is 0.714. The first-order chi connectivity index (χ1) is 4.57.